The van der Waals surface area contributed by atoms with E-state index in [0.29, 0.717) is 0 Å². The van der Waals surface area contributed by atoms with Crippen molar-refractivity contribution in [2.45, 2.75) is 32.7 Å². The molecule has 3 nitrogen and oxygen atoms in total. The van der Waals surface area contributed by atoms with Crippen molar-refractivity contribution in [3.63, 3.8) is 0 Å². The van der Waals surface area contributed by atoms with Crippen molar-refractivity contribution in [3.8, 4) is 0 Å². The van der Waals surface area contributed by atoms with Gasteiger partial charge >= 0.3 is 5.97 Å². The van der Waals surface area contributed by atoms with Crippen LogP contribution in [0.2, 0.25) is 0 Å². The molecule has 3 rings (SSSR count). The summed E-state index contributed by atoms with van der Waals surface area (Å²) in [6, 6.07) is 3.83. The van der Waals surface area contributed by atoms with Crippen LogP contribution in [-0.4, -0.2) is 35.1 Å². The highest BCUT2D eigenvalue weighted by molar-refractivity contribution is 7.14. The van der Waals surface area contributed by atoms with Gasteiger partial charge in [0.2, 0.25) is 0 Å². The Hall–Kier alpha value is -1.69. The van der Waals surface area contributed by atoms with Crippen LogP contribution in [-0.2, 0) is 4.79 Å². The number of aryl methyl sites for hydroxylation is 2. The Morgan fingerprint density at radius 3 is 2.40 bits per heavy atom. The maximum atomic E-state index is 11.4. The highest BCUT2D eigenvalue weighted by Gasteiger charge is 2.24. The number of thiophene rings is 2. The lowest BCUT2D eigenvalue weighted by Crippen LogP contribution is -2.42. The molecule has 0 radical (unpaired) electrons. The van der Waals surface area contributed by atoms with Gasteiger partial charge in [-0.1, -0.05) is 18.2 Å². The zero-order valence-corrected chi connectivity index (χ0v) is 16.2. The van der Waals surface area contributed by atoms with Crippen molar-refractivity contribution < 1.29 is 9.90 Å². The molecule has 0 amide bonds. The molecule has 1 N–H and O–H groups in total. The summed E-state index contributed by atoms with van der Waals surface area (Å²) in [7, 11) is 0. The molecule has 0 saturated heterocycles. The fourth-order valence-corrected chi connectivity index (χ4v) is 5.19. The van der Waals surface area contributed by atoms with E-state index in [1.54, 1.807) is 22.7 Å². The minimum Gasteiger partial charge on any atom is -0.480 e. The van der Waals surface area contributed by atoms with Gasteiger partial charge in [0.05, 0.1) is 0 Å². The molecule has 1 aliphatic heterocycles. The van der Waals surface area contributed by atoms with Crippen molar-refractivity contribution in [1.29, 1.82) is 0 Å². The number of carboxylic acid groups (broad SMARTS) is 1. The second-order valence-electron chi connectivity index (χ2n) is 6.31. The van der Waals surface area contributed by atoms with E-state index in [1.165, 1.54) is 26.5 Å². The van der Waals surface area contributed by atoms with Crippen LogP contribution in [0.3, 0.4) is 0 Å². The van der Waals surface area contributed by atoms with Gasteiger partial charge in [-0.05, 0) is 60.7 Å². The summed E-state index contributed by atoms with van der Waals surface area (Å²) in [6.45, 7) is 5.88. The van der Waals surface area contributed by atoms with Crippen LogP contribution in [0.1, 0.15) is 33.7 Å². The van der Waals surface area contributed by atoms with E-state index in [2.05, 4.69) is 47.7 Å². The number of hydrogen-bond donors (Lipinski definition) is 1. The minimum atomic E-state index is -0.761. The monoisotopic (exact) mass is 373 g/mol. The van der Waals surface area contributed by atoms with Gasteiger partial charge in [-0.25, -0.2) is 0 Å². The standard InChI is InChI=1S/C20H23NO2S2/c1-14-8-12-24-18(14)16(19-15(2)9-13-25-19)6-5-11-21-10-4-3-7-17(21)20(22)23/h3,6-9,12-13,17H,4-5,10-11H2,1-2H3,(H,22,23)/t17-/m1/s1. The van der Waals surface area contributed by atoms with Crippen LogP contribution in [0.5, 0.6) is 0 Å². The molecule has 0 bridgehead atoms. The van der Waals surface area contributed by atoms with E-state index in [9.17, 15) is 9.90 Å². The minimum absolute atomic E-state index is 0.488. The third-order valence-electron chi connectivity index (χ3n) is 4.53. The van der Waals surface area contributed by atoms with Gasteiger partial charge in [0.15, 0.2) is 0 Å². The summed E-state index contributed by atoms with van der Waals surface area (Å²) in [5.74, 6) is -0.761. The first-order chi connectivity index (χ1) is 12.1. The molecule has 132 valence electrons. The Kier molecular flexibility index (Phi) is 5.89. The number of hydrogen-bond acceptors (Lipinski definition) is 4. The molecule has 2 aromatic heterocycles. The van der Waals surface area contributed by atoms with Gasteiger partial charge in [-0.3, -0.25) is 9.69 Å². The third-order valence-corrected chi connectivity index (χ3v) is 6.63. The molecule has 0 saturated carbocycles. The lowest BCUT2D eigenvalue weighted by atomic mass is 10.0. The number of nitrogens with zero attached hydrogens (tertiary/aromatic N) is 1. The predicted octanol–water partition coefficient (Wildman–Crippen LogP) is 4.96. The van der Waals surface area contributed by atoms with Crippen LogP contribution in [0.15, 0.2) is 41.1 Å². The Balaban J connectivity index is 1.80. The molecule has 5 heteroatoms. The summed E-state index contributed by atoms with van der Waals surface area (Å²) in [6.07, 6.45) is 7.84. The molecule has 0 aromatic carbocycles. The molecular weight excluding hydrogens is 350 g/mol. The molecule has 2 aromatic rings. The van der Waals surface area contributed by atoms with Crippen molar-refractivity contribution in [2.75, 3.05) is 13.1 Å². The zero-order chi connectivity index (χ0) is 17.8. The van der Waals surface area contributed by atoms with Gasteiger partial charge in [0, 0.05) is 28.4 Å². The first kappa shape index (κ1) is 18.1. The lowest BCUT2D eigenvalue weighted by Gasteiger charge is -2.28. The summed E-state index contributed by atoms with van der Waals surface area (Å²) < 4.78 is 0. The Bertz CT molecular complexity index is 758. The number of carboxylic acids is 1. The molecule has 0 aliphatic carbocycles. The molecular formula is C20H23NO2S2. The predicted molar refractivity (Wildman–Crippen MR) is 107 cm³/mol. The first-order valence-corrected chi connectivity index (χ1v) is 10.3. The van der Waals surface area contributed by atoms with E-state index in [0.717, 1.165) is 25.9 Å². The van der Waals surface area contributed by atoms with Crippen LogP contribution in [0.4, 0.5) is 0 Å². The number of carbonyl (C=O) groups is 1. The average Bonchev–Trinajstić information content (AvgIpc) is 3.21. The summed E-state index contributed by atoms with van der Waals surface area (Å²) in [5.41, 5.74) is 3.89. The van der Waals surface area contributed by atoms with Gasteiger partial charge in [0.25, 0.3) is 0 Å². The van der Waals surface area contributed by atoms with E-state index in [-0.39, 0.29) is 0 Å². The topological polar surface area (TPSA) is 40.5 Å². The highest BCUT2D eigenvalue weighted by Crippen LogP contribution is 2.35. The number of aliphatic carboxylic acids is 1. The smallest absolute Gasteiger partial charge is 0.324 e. The summed E-state index contributed by atoms with van der Waals surface area (Å²) in [4.78, 5) is 16.1. The van der Waals surface area contributed by atoms with Gasteiger partial charge in [-0.15, -0.1) is 22.7 Å². The second kappa shape index (κ2) is 8.13. The van der Waals surface area contributed by atoms with Crippen molar-refractivity contribution >= 4 is 34.2 Å². The zero-order valence-electron chi connectivity index (χ0n) is 14.6. The van der Waals surface area contributed by atoms with E-state index >= 15 is 0 Å². The molecule has 1 atom stereocenters. The highest BCUT2D eigenvalue weighted by atomic mass is 32.1. The Morgan fingerprint density at radius 2 is 1.88 bits per heavy atom. The summed E-state index contributed by atoms with van der Waals surface area (Å²) >= 11 is 3.55. The Labute approximate surface area is 156 Å². The molecule has 0 fully saturated rings. The summed E-state index contributed by atoms with van der Waals surface area (Å²) in [5, 5.41) is 13.7. The molecule has 0 spiro atoms. The van der Waals surface area contributed by atoms with Crippen LogP contribution < -0.4 is 0 Å². The lowest BCUT2D eigenvalue weighted by molar-refractivity contribution is -0.141. The van der Waals surface area contributed by atoms with Crippen LogP contribution in [0, 0.1) is 13.8 Å². The number of rotatable bonds is 6. The molecule has 25 heavy (non-hydrogen) atoms. The fraction of sp³-hybridized carbons (Fsp3) is 0.350. The first-order valence-electron chi connectivity index (χ1n) is 8.50. The van der Waals surface area contributed by atoms with E-state index in [4.69, 9.17) is 0 Å². The third kappa shape index (κ3) is 4.11. The maximum Gasteiger partial charge on any atom is 0.324 e. The molecule has 0 unspecified atom stereocenters. The largest absolute Gasteiger partial charge is 0.480 e. The fourth-order valence-electron chi connectivity index (χ4n) is 3.18. The van der Waals surface area contributed by atoms with Crippen molar-refractivity contribution in [3.05, 3.63) is 62.0 Å². The van der Waals surface area contributed by atoms with E-state index < -0.39 is 12.0 Å². The Morgan fingerprint density at radius 1 is 1.24 bits per heavy atom. The van der Waals surface area contributed by atoms with Gasteiger partial charge < -0.3 is 5.11 Å². The van der Waals surface area contributed by atoms with Crippen molar-refractivity contribution in [2.24, 2.45) is 0 Å². The van der Waals surface area contributed by atoms with Crippen molar-refractivity contribution in [1.82, 2.24) is 4.90 Å². The average molecular weight is 374 g/mol. The normalized spacial score (nSPS) is 17.6. The van der Waals surface area contributed by atoms with E-state index in [1.807, 2.05) is 12.2 Å². The van der Waals surface area contributed by atoms with Gasteiger partial charge in [-0.2, -0.15) is 0 Å². The molecule has 3 heterocycles. The quantitative estimate of drug-likeness (QED) is 0.727. The molecule has 1 aliphatic rings. The maximum absolute atomic E-state index is 11.4. The van der Waals surface area contributed by atoms with Crippen LogP contribution in [0.25, 0.3) is 5.57 Å². The second-order valence-corrected chi connectivity index (χ2v) is 8.14. The van der Waals surface area contributed by atoms with Crippen LogP contribution >= 0.6 is 22.7 Å². The van der Waals surface area contributed by atoms with Gasteiger partial charge in [0.1, 0.15) is 6.04 Å². The SMILES string of the molecule is Cc1ccsc1C(=CCCN1CCC=C[C@@H]1C(=O)O)c1sccc1C.